The van der Waals surface area contributed by atoms with E-state index in [-0.39, 0.29) is 13.5 Å². The molecule has 44 valence electrons. The summed E-state index contributed by atoms with van der Waals surface area (Å²) in [5.41, 5.74) is 0. The van der Waals surface area contributed by atoms with Gasteiger partial charge in [0, 0.05) is 4.90 Å². The zero-order chi connectivity index (χ0) is 5.11. The summed E-state index contributed by atoms with van der Waals surface area (Å²) in [6, 6.07) is 9.79. The number of thiol groups is 2. The van der Waals surface area contributed by atoms with Gasteiger partial charge in [-0.1, -0.05) is 18.2 Å². The highest BCUT2D eigenvalue weighted by molar-refractivity contribution is 7.80. The lowest BCUT2D eigenvalue weighted by Gasteiger charge is -1.81. The van der Waals surface area contributed by atoms with E-state index >= 15 is 0 Å². The molecule has 0 heterocycles. The molecule has 0 aliphatic carbocycles. The summed E-state index contributed by atoms with van der Waals surface area (Å²) < 4.78 is 0. The van der Waals surface area contributed by atoms with Gasteiger partial charge >= 0.3 is 0 Å². The van der Waals surface area contributed by atoms with Gasteiger partial charge in [-0.05, 0) is 12.1 Å². The zero-order valence-electron chi connectivity index (χ0n) is 4.28. The van der Waals surface area contributed by atoms with Crippen LogP contribution < -0.4 is 0 Å². The molecule has 0 aliphatic rings. The van der Waals surface area contributed by atoms with Crippen LogP contribution in [0.5, 0.6) is 0 Å². The van der Waals surface area contributed by atoms with Gasteiger partial charge in [0.15, 0.2) is 0 Å². The van der Waals surface area contributed by atoms with E-state index in [1.807, 2.05) is 30.3 Å². The predicted molar refractivity (Wildman–Crippen MR) is 42.5 cm³/mol. The highest BCUT2D eigenvalue weighted by Crippen LogP contribution is 2.00. The Bertz CT molecular complexity index is 136. The van der Waals surface area contributed by atoms with Crippen LogP contribution in [0.1, 0.15) is 0 Å². The first-order valence-corrected chi connectivity index (χ1v) is 2.58. The molecule has 0 N–H and O–H groups in total. The highest BCUT2D eigenvalue weighted by Gasteiger charge is 1.73. The molecule has 0 aliphatic heterocycles. The summed E-state index contributed by atoms with van der Waals surface area (Å²) in [5.74, 6) is 0. The van der Waals surface area contributed by atoms with E-state index in [1.54, 1.807) is 0 Å². The third kappa shape index (κ3) is 2.28. The summed E-state index contributed by atoms with van der Waals surface area (Å²) in [7, 11) is 0. The lowest BCUT2D eigenvalue weighted by atomic mass is 10.4. The Morgan fingerprint density at radius 2 is 1.50 bits per heavy atom. The van der Waals surface area contributed by atoms with Crippen LogP contribution >= 0.6 is 12.6 Å². The van der Waals surface area contributed by atoms with Gasteiger partial charge in [0.25, 0.3) is 0 Å². The van der Waals surface area contributed by atoms with Crippen LogP contribution in [0.15, 0.2) is 35.2 Å². The van der Waals surface area contributed by atoms with Crippen LogP contribution in [-0.2, 0) is 13.5 Å². The van der Waals surface area contributed by atoms with Gasteiger partial charge in [-0.25, -0.2) is 0 Å². The molecule has 0 fully saturated rings. The number of hydrogen-bond donors (Lipinski definition) is 1. The van der Waals surface area contributed by atoms with Crippen LogP contribution in [0, 0.1) is 0 Å². The lowest BCUT2D eigenvalue weighted by Crippen LogP contribution is -1.56. The molecule has 0 aromatic heterocycles. The minimum absolute atomic E-state index is 0. The van der Waals surface area contributed by atoms with Gasteiger partial charge in [0.2, 0.25) is 0 Å². The van der Waals surface area contributed by atoms with Crippen molar-refractivity contribution >= 4 is 26.1 Å². The van der Waals surface area contributed by atoms with Crippen LogP contribution in [0.2, 0.25) is 0 Å². The van der Waals surface area contributed by atoms with Crippen molar-refractivity contribution in [2.45, 2.75) is 4.90 Å². The van der Waals surface area contributed by atoms with Crippen LogP contribution in [-0.4, -0.2) is 0 Å². The Morgan fingerprint density at radius 3 is 1.75 bits per heavy atom. The van der Waals surface area contributed by atoms with Gasteiger partial charge in [-0.3, -0.25) is 0 Å². The van der Waals surface area contributed by atoms with Gasteiger partial charge in [-0.2, -0.15) is 0 Å². The lowest BCUT2D eigenvalue weighted by molar-refractivity contribution is 1.48. The van der Waals surface area contributed by atoms with E-state index in [1.165, 1.54) is 0 Å². The molecule has 0 atom stereocenters. The molecule has 0 saturated carbocycles. The van der Waals surface area contributed by atoms with Gasteiger partial charge < -0.3 is 13.5 Å². The molecule has 0 unspecified atom stereocenters. The third-order valence-corrected chi connectivity index (χ3v) is 1.05. The molecule has 0 nitrogen and oxygen atoms in total. The number of rotatable bonds is 0. The molecular formula is C6H7S2-. The highest BCUT2D eigenvalue weighted by atomic mass is 32.1. The van der Waals surface area contributed by atoms with E-state index in [2.05, 4.69) is 12.6 Å². The second-order valence-electron chi connectivity index (χ2n) is 1.34. The first kappa shape index (κ1) is 7.92. The van der Waals surface area contributed by atoms with Crippen LogP contribution in [0.25, 0.3) is 0 Å². The van der Waals surface area contributed by atoms with E-state index in [0.29, 0.717) is 0 Å². The van der Waals surface area contributed by atoms with Gasteiger partial charge in [-0.15, -0.1) is 12.6 Å². The fraction of sp³-hybridized carbons (Fsp3) is 0. The maximum absolute atomic E-state index is 4.08. The standard InChI is InChI=1S/C6H6S.H2S/c7-6-4-2-1-3-5-6;/h1-5,7H;1H2/p-1. The SMILES string of the molecule is Sc1ccccc1.[SH-]. The quantitative estimate of drug-likeness (QED) is 0.426. The maximum atomic E-state index is 4.08. The van der Waals surface area contributed by atoms with Crippen molar-refractivity contribution in [1.82, 2.24) is 0 Å². The molecule has 0 bridgehead atoms. The third-order valence-electron chi connectivity index (χ3n) is 0.756. The average Bonchev–Trinajstić information content (AvgIpc) is 1.69. The Labute approximate surface area is 61.8 Å². The van der Waals surface area contributed by atoms with Crippen molar-refractivity contribution in [3.8, 4) is 0 Å². The van der Waals surface area contributed by atoms with E-state index in [0.717, 1.165) is 4.90 Å². The normalized spacial score (nSPS) is 7.62. The van der Waals surface area contributed by atoms with Crippen molar-refractivity contribution < 1.29 is 0 Å². The molecule has 2 heteroatoms. The average molecular weight is 143 g/mol. The van der Waals surface area contributed by atoms with E-state index in [9.17, 15) is 0 Å². The summed E-state index contributed by atoms with van der Waals surface area (Å²) in [4.78, 5) is 1.02. The fourth-order valence-electron chi connectivity index (χ4n) is 0.428. The molecule has 0 spiro atoms. The molecule has 0 saturated heterocycles. The molecule has 1 rings (SSSR count). The van der Waals surface area contributed by atoms with Crippen LogP contribution in [0.3, 0.4) is 0 Å². The molecule has 1 aromatic carbocycles. The molecule has 0 amide bonds. The first-order valence-electron chi connectivity index (χ1n) is 2.13. The van der Waals surface area contributed by atoms with Crippen molar-refractivity contribution in [2.75, 3.05) is 0 Å². The minimum atomic E-state index is 0. The second-order valence-corrected chi connectivity index (χ2v) is 1.85. The monoisotopic (exact) mass is 143 g/mol. The van der Waals surface area contributed by atoms with Crippen LogP contribution in [0.4, 0.5) is 0 Å². The fourth-order valence-corrected chi connectivity index (χ4v) is 0.600. The Kier molecular flexibility index (Phi) is 3.83. The Balaban J connectivity index is 0.000000490. The molecular weight excluding hydrogens is 136 g/mol. The number of hydrogen-bond acceptors (Lipinski definition) is 2. The molecule has 0 radical (unpaired) electrons. The summed E-state index contributed by atoms with van der Waals surface area (Å²) >= 11 is 4.08. The first-order chi connectivity index (χ1) is 3.39. The van der Waals surface area contributed by atoms with Crippen molar-refractivity contribution in [2.24, 2.45) is 0 Å². The minimum Gasteiger partial charge on any atom is -0.813 e. The summed E-state index contributed by atoms with van der Waals surface area (Å²) in [5, 5.41) is 0. The topological polar surface area (TPSA) is 0 Å². The second kappa shape index (κ2) is 3.87. The smallest absolute Gasteiger partial charge is 0.00399 e. The maximum Gasteiger partial charge on any atom is 0.00399 e. The predicted octanol–water partition coefficient (Wildman–Crippen LogP) is 1.71. The molecule has 8 heavy (non-hydrogen) atoms. The summed E-state index contributed by atoms with van der Waals surface area (Å²) in [6.45, 7) is 0. The van der Waals surface area contributed by atoms with E-state index in [4.69, 9.17) is 0 Å². The van der Waals surface area contributed by atoms with Crippen molar-refractivity contribution in [3.05, 3.63) is 30.3 Å². The van der Waals surface area contributed by atoms with Gasteiger partial charge in [0.05, 0.1) is 0 Å². The van der Waals surface area contributed by atoms with Crippen molar-refractivity contribution in [1.29, 1.82) is 0 Å². The summed E-state index contributed by atoms with van der Waals surface area (Å²) in [6.07, 6.45) is 0. The van der Waals surface area contributed by atoms with Gasteiger partial charge in [0.1, 0.15) is 0 Å². The van der Waals surface area contributed by atoms with Crippen molar-refractivity contribution in [3.63, 3.8) is 0 Å². The Morgan fingerprint density at radius 1 is 1.00 bits per heavy atom. The largest absolute Gasteiger partial charge is 0.813 e. The zero-order valence-corrected chi connectivity index (χ0v) is 6.07. The van der Waals surface area contributed by atoms with E-state index < -0.39 is 0 Å². The molecule has 1 aromatic rings. The number of benzene rings is 1. The Hall–Kier alpha value is -0.0800.